The molecule has 162 valence electrons. The van der Waals surface area contributed by atoms with E-state index in [1.165, 1.54) is 43.3 Å². The Kier molecular flexibility index (Phi) is 5.94. The van der Waals surface area contributed by atoms with Crippen LogP contribution in [0.25, 0.3) is 0 Å². The zero-order valence-electron chi connectivity index (χ0n) is 17.7. The van der Waals surface area contributed by atoms with Gasteiger partial charge in [0.25, 0.3) is 11.8 Å². The van der Waals surface area contributed by atoms with Gasteiger partial charge in [0.2, 0.25) is 5.91 Å². The van der Waals surface area contributed by atoms with Crippen LogP contribution in [0, 0.1) is 0 Å². The van der Waals surface area contributed by atoms with Gasteiger partial charge in [-0.2, -0.15) is 0 Å². The molecule has 8 nitrogen and oxygen atoms in total. The van der Waals surface area contributed by atoms with Crippen molar-refractivity contribution < 1.29 is 29.0 Å². The number of hydrogen-bond acceptors (Lipinski definition) is 6. The maximum Gasteiger partial charge on any atom is 0.308 e. The van der Waals surface area contributed by atoms with Crippen molar-refractivity contribution in [3.05, 3.63) is 65.2 Å². The van der Waals surface area contributed by atoms with E-state index >= 15 is 0 Å². The fraction of sp³-hybridized carbons (Fsp3) is 0.304. The summed E-state index contributed by atoms with van der Waals surface area (Å²) in [5.74, 6) is -2.20. The lowest BCUT2D eigenvalue weighted by molar-refractivity contribution is -0.132. The molecular weight excluding hydrogens is 400 g/mol. The van der Waals surface area contributed by atoms with Crippen molar-refractivity contribution in [3.63, 3.8) is 0 Å². The predicted molar refractivity (Wildman–Crippen MR) is 111 cm³/mol. The molecule has 0 aromatic heterocycles. The van der Waals surface area contributed by atoms with Gasteiger partial charge in [0, 0.05) is 12.5 Å². The molecule has 1 aliphatic rings. The van der Waals surface area contributed by atoms with Crippen molar-refractivity contribution >= 4 is 23.7 Å². The van der Waals surface area contributed by atoms with Crippen LogP contribution in [0.3, 0.4) is 0 Å². The zero-order valence-corrected chi connectivity index (χ0v) is 17.7. The van der Waals surface area contributed by atoms with Gasteiger partial charge >= 0.3 is 5.97 Å². The molecule has 2 atom stereocenters. The lowest BCUT2D eigenvalue weighted by Crippen LogP contribution is -2.56. The summed E-state index contributed by atoms with van der Waals surface area (Å²) in [7, 11) is 0. The number of carbonyl (C=O) groups is 4. The lowest BCUT2D eigenvalue weighted by Gasteiger charge is -2.32. The molecule has 1 aliphatic heterocycles. The Morgan fingerprint density at radius 3 is 1.94 bits per heavy atom. The molecule has 0 aliphatic carbocycles. The van der Waals surface area contributed by atoms with Gasteiger partial charge in [0.1, 0.15) is 17.9 Å². The lowest BCUT2D eigenvalue weighted by atomic mass is 9.98. The summed E-state index contributed by atoms with van der Waals surface area (Å²) in [4.78, 5) is 51.0. The van der Waals surface area contributed by atoms with Crippen molar-refractivity contribution in [1.82, 2.24) is 10.2 Å². The molecule has 2 N–H and O–H groups in total. The van der Waals surface area contributed by atoms with Crippen LogP contribution >= 0.6 is 0 Å². The Bertz CT molecular complexity index is 1000. The number of fused-ring (bicyclic) bond motifs is 1. The monoisotopic (exact) mass is 424 g/mol. The molecule has 2 aromatic rings. The van der Waals surface area contributed by atoms with Gasteiger partial charge in [-0.05, 0) is 50.6 Å². The summed E-state index contributed by atoms with van der Waals surface area (Å²) in [5.41, 5.74) is -0.0224. The van der Waals surface area contributed by atoms with Gasteiger partial charge in [-0.1, -0.05) is 24.3 Å². The van der Waals surface area contributed by atoms with Crippen LogP contribution in [0.4, 0.5) is 0 Å². The number of benzene rings is 2. The van der Waals surface area contributed by atoms with Crippen molar-refractivity contribution in [2.45, 2.75) is 45.4 Å². The third-order valence-electron chi connectivity index (χ3n) is 4.65. The van der Waals surface area contributed by atoms with E-state index in [4.69, 9.17) is 4.74 Å². The molecule has 31 heavy (non-hydrogen) atoms. The highest BCUT2D eigenvalue weighted by molar-refractivity contribution is 6.23. The van der Waals surface area contributed by atoms with Gasteiger partial charge in [0.15, 0.2) is 0 Å². The van der Waals surface area contributed by atoms with E-state index in [0.29, 0.717) is 0 Å². The number of esters is 1. The van der Waals surface area contributed by atoms with Gasteiger partial charge in [0.05, 0.1) is 11.1 Å². The van der Waals surface area contributed by atoms with Gasteiger partial charge < -0.3 is 15.2 Å². The van der Waals surface area contributed by atoms with Crippen LogP contribution in [-0.2, 0) is 9.59 Å². The first-order valence-electron chi connectivity index (χ1n) is 9.75. The Balaban J connectivity index is 1.99. The van der Waals surface area contributed by atoms with Crippen molar-refractivity contribution in [2.75, 3.05) is 0 Å². The number of rotatable bonds is 5. The van der Waals surface area contributed by atoms with Crippen molar-refractivity contribution in [2.24, 2.45) is 0 Å². The highest BCUT2D eigenvalue weighted by atomic mass is 16.5. The fourth-order valence-corrected chi connectivity index (χ4v) is 3.39. The number of carbonyl (C=O) groups excluding carboxylic acids is 4. The summed E-state index contributed by atoms with van der Waals surface area (Å²) in [6, 6.07) is 10.6. The van der Waals surface area contributed by atoms with E-state index in [1.54, 1.807) is 32.9 Å². The molecule has 3 rings (SSSR count). The second kappa shape index (κ2) is 8.31. The number of ether oxygens (including phenoxy) is 1. The highest BCUT2D eigenvalue weighted by Crippen LogP contribution is 2.31. The number of amides is 3. The van der Waals surface area contributed by atoms with Gasteiger partial charge in [-0.3, -0.25) is 24.1 Å². The Morgan fingerprint density at radius 2 is 1.48 bits per heavy atom. The number of hydrogen-bond donors (Lipinski definition) is 2. The van der Waals surface area contributed by atoms with Crippen LogP contribution in [0.2, 0.25) is 0 Å². The molecule has 0 saturated heterocycles. The average molecular weight is 424 g/mol. The van der Waals surface area contributed by atoms with Crippen LogP contribution < -0.4 is 10.1 Å². The standard InChI is InChI=1S/C23H24N2O6/c1-13(26)31-15-11-9-14(10-12-15)19(27)18(20(28)24-23(2,3)4)25-21(29)16-7-5-6-8-17(16)22(25)30/h5-12,18-19,27H,1-4H3,(H,24,28)/t18-,19+/m0/s1. The zero-order chi connectivity index (χ0) is 22.9. The van der Waals surface area contributed by atoms with E-state index in [1.807, 2.05) is 0 Å². The molecule has 3 amide bonds. The average Bonchev–Trinajstić information content (AvgIpc) is 2.92. The summed E-state index contributed by atoms with van der Waals surface area (Å²) in [6.07, 6.45) is -1.50. The summed E-state index contributed by atoms with van der Waals surface area (Å²) in [5, 5.41) is 13.8. The van der Waals surface area contributed by atoms with Crippen molar-refractivity contribution in [3.8, 4) is 5.75 Å². The van der Waals surface area contributed by atoms with Crippen LogP contribution in [-0.4, -0.2) is 45.3 Å². The van der Waals surface area contributed by atoms with Crippen LogP contribution in [0.15, 0.2) is 48.5 Å². The summed E-state index contributed by atoms with van der Waals surface area (Å²) >= 11 is 0. The Labute approximate surface area is 179 Å². The van der Waals surface area contributed by atoms with Crippen LogP contribution in [0.1, 0.15) is 60.1 Å². The minimum Gasteiger partial charge on any atom is -0.427 e. The molecule has 0 spiro atoms. The van der Waals surface area contributed by atoms with E-state index in [9.17, 15) is 24.3 Å². The first-order chi connectivity index (χ1) is 14.5. The quantitative estimate of drug-likeness (QED) is 0.432. The van der Waals surface area contributed by atoms with E-state index in [2.05, 4.69) is 5.32 Å². The Hall–Kier alpha value is -3.52. The second-order valence-electron chi connectivity index (χ2n) is 8.32. The first kappa shape index (κ1) is 22.2. The van der Waals surface area contributed by atoms with E-state index in [-0.39, 0.29) is 22.4 Å². The number of aliphatic hydroxyl groups is 1. The largest absolute Gasteiger partial charge is 0.427 e. The second-order valence-corrected chi connectivity index (χ2v) is 8.32. The SMILES string of the molecule is CC(=O)Oc1ccc([C@@H](O)[C@@H](C(=O)NC(C)(C)C)N2C(=O)c3ccccc3C2=O)cc1. The molecule has 2 aromatic carbocycles. The molecule has 8 heteroatoms. The minimum atomic E-state index is -1.50. The maximum absolute atomic E-state index is 13.1. The predicted octanol–water partition coefficient (Wildman–Crippen LogP) is 2.22. The molecule has 0 bridgehead atoms. The number of nitrogens with one attached hydrogen (secondary N) is 1. The third kappa shape index (κ3) is 4.64. The minimum absolute atomic E-state index is 0.179. The first-order valence-corrected chi connectivity index (χ1v) is 9.75. The van der Waals surface area contributed by atoms with E-state index < -0.39 is 41.4 Å². The number of nitrogens with zero attached hydrogens (tertiary/aromatic N) is 1. The topological polar surface area (TPSA) is 113 Å². The smallest absolute Gasteiger partial charge is 0.308 e. The molecule has 0 fully saturated rings. The van der Waals surface area contributed by atoms with Crippen molar-refractivity contribution in [1.29, 1.82) is 0 Å². The third-order valence-corrected chi connectivity index (χ3v) is 4.65. The molecular formula is C23H24N2O6. The van der Waals surface area contributed by atoms with Crippen LogP contribution in [0.5, 0.6) is 5.75 Å². The van der Waals surface area contributed by atoms with E-state index in [0.717, 1.165) is 4.90 Å². The maximum atomic E-state index is 13.1. The molecule has 1 heterocycles. The normalized spacial score (nSPS) is 15.3. The molecule has 0 unspecified atom stereocenters. The number of aliphatic hydroxyl groups excluding tert-OH is 1. The highest BCUT2D eigenvalue weighted by Gasteiger charge is 2.46. The summed E-state index contributed by atoms with van der Waals surface area (Å²) < 4.78 is 4.98. The summed E-state index contributed by atoms with van der Waals surface area (Å²) in [6.45, 7) is 6.53. The Morgan fingerprint density at radius 1 is 0.968 bits per heavy atom. The molecule has 0 radical (unpaired) electrons. The fourth-order valence-electron chi connectivity index (χ4n) is 3.39. The number of imide groups is 1. The molecule has 0 saturated carbocycles. The van der Waals surface area contributed by atoms with Gasteiger partial charge in [-0.15, -0.1) is 0 Å². The van der Waals surface area contributed by atoms with Gasteiger partial charge in [-0.25, -0.2) is 0 Å².